The number of aromatic nitrogens is 2. The number of rotatable bonds is 7. The van der Waals surface area contributed by atoms with Gasteiger partial charge in [0.25, 0.3) is 0 Å². The van der Waals surface area contributed by atoms with Gasteiger partial charge < -0.3 is 30.2 Å². The molecule has 0 amide bonds. The van der Waals surface area contributed by atoms with Gasteiger partial charge in [0.1, 0.15) is 24.1 Å². The number of hydrogen-bond donors (Lipinski definition) is 3. The Balaban J connectivity index is 2.06. The normalized spacial score (nSPS) is 29.3. The minimum absolute atomic E-state index is 0.320. The number of hydrogen-bond acceptors (Lipinski definition) is 7. The van der Waals surface area contributed by atoms with E-state index in [-0.39, 0.29) is 0 Å². The minimum Gasteiger partial charge on any atom is -0.394 e. The molecule has 0 bridgehead atoms. The van der Waals surface area contributed by atoms with Crippen LogP contribution < -0.4 is 5.73 Å². The van der Waals surface area contributed by atoms with Gasteiger partial charge in [-0.2, -0.15) is 44.6 Å². The summed E-state index contributed by atoms with van der Waals surface area (Å²) in [4.78, 5) is 0. The van der Waals surface area contributed by atoms with Gasteiger partial charge in [-0.25, -0.2) is 4.68 Å². The van der Waals surface area contributed by atoms with E-state index in [1.165, 1.54) is 13.8 Å². The third kappa shape index (κ3) is 3.77. The first kappa shape index (κ1) is 27.8. The second-order valence-electron chi connectivity index (χ2n) is 8.64. The monoisotopic (exact) mass is 531 g/mol. The van der Waals surface area contributed by atoms with Crippen LogP contribution in [0, 0.1) is 0 Å². The van der Waals surface area contributed by atoms with Crippen molar-refractivity contribution in [1.82, 2.24) is 9.78 Å². The van der Waals surface area contributed by atoms with E-state index in [2.05, 4.69) is 5.10 Å². The van der Waals surface area contributed by atoms with Gasteiger partial charge in [-0.15, -0.1) is 0 Å². The SMILES string of the molecule is CCC(O)(c1cnn([C@@H]2O[C@H](CO)[C@H]3OC(C)(C)O[C@H]32)c1N)C(F)(F)C(F)(F)C(F)(F)C(F)(F)F. The molecule has 0 radical (unpaired) electrons. The van der Waals surface area contributed by atoms with Crippen molar-refractivity contribution in [3.8, 4) is 0 Å². The molecule has 2 aliphatic rings. The van der Waals surface area contributed by atoms with Crippen molar-refractivity contribution in [2.45, 2.75) is 87.1 Å². The Hall–Kier alpha value is -1.82. The van der Waals surface area contributed by atoms with Gasteiger partial charge in [0.05, 0.1) is 18.4 Å². The van der Waals surface area contributed by atoms with Gasteiger partial charge in [-0.05, 0) is 20.3 Å². The third-order valence-corrected chi connectivity index (χ3v) is 6.00. The molecule has 5 atom stereocenters. The fraction of sp³-hybridized carbons (Fsp3) is 0.833. The lowest BCUT2D eigenvalue weighted by Crippen LogP contribution is -2.67. The van der Waals surface area contributed by atoms with Crippen molar-refractivity contribution in [2.24, 2.45) is 0 Å². The van der Waals surface area contributed by atoms with Crippen LogP contribution in [0.25, 0.3) is 0 Å². The summed E-state index contributed by atoms with van der Waals surface area (Å²) < 4.78 is 140. The number of aliphatic hydroxyl groups is 2. The molecule has 1 aromatic rings. The minimum atomic E-state index is -7.21. The number of nitrogens with zero attached hydrogens (tertiary/aromatic N) is 2. The predicted octanol–water partition coefficient (Wildman–Crippen LogP) is 2.94. The first-order valence-corrected chi connectivity index (χ1v) is 10.1. The molecule has 202 valence electrons. The molecule has 17 heteroatoms. The van der Waals surface area contributed by atoms with Crippen molar-refractivity contribution in [1.29, 1.82) is 0 Å². The zero-order valence-electron chi connectivity index (χ0n) is 18.3. The molecule has 0 saturated carbocycles. The third-order valence-electron chi connectivity index (χ3n) is 6.00. The summed E-state index contributed by atoms with van der Waals surface area (Å²) in [6.07, 6.45) is -12.7. The smallest absolute Gasteiger partial charge is 0.394 e. The zero-order chi connectivity index (χ0) is 27.0. The van der Waals surface area contributed by atoms with Gasteiger partial charge >= 0.3 is 23.9 Å². The largest absolute Gasteiger partial charge is 0.460 e. The van der Waals surface area contributed by atoms with Gasteiger partial charge in [0.2, 0.25) is 0 Å². The van der Waals surface area contributed by atoms with Crippen LogP contribution in [0.3, 0.4) is 0 Å². The summed E-state index contributed by atoms with van der Waals surface area (Å²) in [5.74, 6) is -22.9. The van der Waals surface area contributed by atoms with Gasteiger partial charge in [-0.1, -0.05) is 6.92 Å². The molecule has 3 heterocycles. The van der Waals surface area contributed by atoms with E-state index < -0.39 is 84.3 Å². The molecular formula is C18H22F9N3O5. The van der Waals surface area contributed by atoms with Crippen molar-refractivity contribution in [2.75, 3.05) is 12.3 Å². The number of fused-ring (bicyclic) bond motifs is 1. The number of nitrogens with two attached hydrogens (primary N) is 1. The van der Waals surface area contributed by atoms with E-state index in [0.29, 0.717) is 17.8 Å². The van der Waals surface area contributed by atoms with Crippen LogP contribution in [-0.4, -0.2) is 74.6 Å². The molecule has 0 aromatic carbocycles. The van der Waals surface area contributed by atoms with E-state index in [1.807, 2.05) is 0 Å². The second-order valence-corrected chi connectivity index (χ2v) is 8.64. The second kappa shape index (κ2) is 8.09. The highest BCUT2D eigenvalue weighted by Crippen LogP contribution is 2.59. The molecule has 3 rings (SSSR count). The Labute approximate surface area is 191 Å². The van der Waals surface area contributed by atoms with Crippen LogP contribution >= 0.6 is 0 Å². The fourth-order valence-corrected chi connectivity index (χ4v) is 4.11. The van der Waals surface area contributed by atoms with Crippen molar-refractivity contribution in [3.05, 3.63) is 11.8 Å². The number of aliphatic hydroxyl groups excluding tert-OH is 1. The lowest BCUT2D eigenvalue weighted by atomic mass is 9.80. The van der Waals surface area contributed by atoms with Crippen molar-refractivity contribution < 1.29 is 63.9 Å². The van der Waals surface area contributed by atoms with Gasteiger partial charge in [-0.3, -0.25) is 0 Å². The summed E-state index contributed by atoms with van der Waals surface area (Å²) in [5, 5.41) is 23.6. The Kier molecular flexibility index (Phi) is 6.42. The number of ether oxygens (including phenoxy) is 3. The van der Waals surface area contributed by atoms with E-state index in [4.69, 9.17) is 19.9 Å². The van der Waals surface area contributed by atoms with Gasteiger partial charge in [0, 0.05) is 0 Å². The van der Waals surface area contributed by atoms with Crippen molar-refractivity contribution in [3.63, 3.8) is 0 Å². The standard InChI is InChI=1S/C18H22F9N3O5/c1-4-14(32,15(19,20)16(21,22)17(23,24)18(25,26)27)7-5-29-30(11(7)28)12-10-9(8(6-31)33-12)34-13(2,3)35-10/h5,8-10,12,31-32H,4,6,28H2,1-3H3/t8-,9-,10-,12-,14?/m1/s1. The van der Waals surface area contributed by atoms with E-state index in [1.54, 1.807) is 0 Å². The fourth-order valence-electron chi connectivity index (χ4n) is 4.11. The first-order valence-electron chi connectivity index (χ1n) is 10.1. The Bertz CT molecular complexity index is 955. The van der Waals surface area contributed by atoms with Crippen LogP contribution in [0.2, 0.25) is 0 Å². The summed E-state index contributed by atoms with van der Waals surface area (Å²) in [6, 6.07) is 0. The molecule has 0 spiro atoms. The number of anilines is 1. The number of alkyl halides is 9. The van der Waals surface area contributed by atoms with Crippen LogP contribution in [-0.2, 0) is 19.8 Å². The van der Waals surface area contributed by atoms with Crippen LogP contribution in [0.1, 0.15) is 39.0 Å². The average Bonchev–Trinajstić information content (AvgIpc) is 3.36. The highest BCUT2D eigenvalue weighted by Gasteiger charge is 2.85. The highest BCUT2D eigenvalue weighted by atomic mass is 19.4. The summed E-state index contributed by atoms with van der Waals surface area (Å²) in [5.41, 5.74) is 0.0520. The predicted molar refractivity (Wildman–Crippen MR) is 96.5 cm³/mol. The maximum absolute atomic E-state index is 14.8. The molecule has 1 unspecified atom stereocenters. The summed E-state index contributed by atoms with van der Waals surface area (Å²) >= 11 is 0. The molecule has 2 aliphatic heterocycles. The Morgan fingerprint density at radius 1 is 1.00 bits per heavy atom. The maximum atomic E-state index is 14.8. The highest BCUT2D eigenvalue weighted by molar-refractivity contribution is 5.45. The number of nitrogen functional groups attached to an aromatic ring is 1. The molecule has 35 heavy (non-hydrogen) atoms. The van der Waals surface area contributed by atoms with E-state index >= 15 is 0 Å². The maximum Gasteiger partial charge on any atom is 0.460 e. The Morgan fingerprint density at radius 2 is 1.54 bits per heavy atom. The summed E-state index contributed by atoms with van der Waals surface area (Å²) in [6.45, 7) is 3.02. The average molecular weight is 531 g/mol. The molecule has 2 fully saturated rings. The molecule has 8 nitrogen and oxygen atoms in total. The zero-order valence-corrected chi connectivity index (χ0v) is 18.3. The van der Waals surface area contributed by atoms with E-state index in [0.717, 1.165) is 0 Å². The van der Waals surface area contributed by atoms with E-state index in [9.17, 15) is 49.7 Å². The Morgan fingerprint density at radius 3 is 2.03 bits per heavy atom. The summed E-state index contributed by atoms with van der Waals surface area (Å²) in [7, 11) is 0. The lowest BCUT2D eigenvalue weighted by molar-refractivity contribution is -0.419. The van der Waals surface area contributed by atoms with Crippen LogP contribution in [0.15, 0.2) is 6.20 Å². The number of halogens is 9. The van der Waals surface area contributed by atoms with Gasteiger partial charge in [0.15, 0.2) is 17.6 Å². The molecular weight excluding hydrogens is 509 g/mol. The molecule has 0 aliphatic carbocycles. The van der Waals surface area contributed by atoms with Crippen LogP contribution in [0.5, 0.6) is 0 Å². The first-order chi connectivity index (χ1) is 15.7. The molecule has 4 N–H and O–H groups in total. The van der Waals surface area contributed by atoms with Crippen molar-refractivity contribution >= 4 is 5.82 Å². The lowest BCUT2D eigenvalue weighted by Gasteiger charge is -2.42. The molecule has 2 saturated heterocycles. The molecule has 1 aromatic heterocycles. The van der Waals surface area contributed by atoms with Crippen LogP contribution in [0.4, 0.5) is 45.3 Å². The topological polar surface area (TPSA) is 112 Å². The quantitative estimate of drug-likeness (QED) is 0.464.